The van der Waals surface area contributed by atoms with E-state index in [0.29, 0.717) is 18.0 Å². The Kier molecular flexibility index (Phi) is 4.89. The Labute approximate surface area is 104 Å². The molecule has 0 aliphatic carbocycles. The van der Waals surface area contributed by atoms with E-state index >= 15 is 0 Å². The average molecular weight is 286 g/mol. The molecule has 1 aromatic heterocycles. The molecule has 0 radical (unpaired) electrons. The highest BCUT2D eigenvalue weighted by Crippen LogP contribution is 2.10. The van der Waals surface area contributed by atoms with E-state index in [0.717, 1.165) is 4.47 Å². The molecule has 0 fully saturated rings. The van der Waals surface area contributed by atoms with Crippen LogP contribution in [0.15, 0.2) is 22.9 Å². The summed E-state index contributed by atoms with van der Waals surface area (Å²) < 4.78 is 0.786. The molecule has 1 amide bonds. The van der Waals surface area contributed by atoms with Crippen molar-refractivity contribution in [3.63, 3.8) is 0 Å². The predicted molar refractivity (Wildman–Crippen MR) is 67.1 cm³/mol. The predicted octanol–water partition coefficient (Wildman–Crippen LogP) is 1.56. The third-order valence-corrected chi connectivity index (χ3v) is 2.78. The third kappa shape index (κ3) is 3.57. The monoisotopic (exact) mass is 285 g/mol. The second kappa shape index (κ2) is 5.96. The van der Waals surface area contributed by atoms with Gasteiger partial charge in [0.25, 0.3) is 5.91 Å². The Morgan fingerprint density at radius 1 is 1.56 bits per heavy atom. The Morgan fingerprint density at radius 2 is 2.25 bits per heavy atom. The van der Waals surface area contributed by atoms with Crippen molar-refractivity contribution in [3.05, 3.63) is 28.5 Å². The van der Waals surface area contributed by atoms with Crippen molar-refractivity contribution in [3.8, 4) is 0 Å². The molecule has 1 atom stereocenters. The number of hydrogen-bond donors (Lipinski definition) is 2. The van der Waals surface area contributed by atoms with Crippen LogP contribution in [0.3, 0.4) is 0 Å². The summed E-state index contributed by atoms with van der Waals surface area (Å²) in [5, 5.41) is 2.88. The minimum Gasteiger partial charge on any atom is -0.348 e. The lowest BCUT2D eigenvalue weighted by atomic mass is 10.0. The maximum Gasteiger partial charge on any atom is 0.253 e. The molecule has 3 N–H and O–H groups in total. The van der Waals surface area contributed by atoms with Crippen LogP contribution in [-0.4, -0.2) is 23.5 Å². The molecule has 0 aromatic carbocycles. The summed E-state index contributed by atoms with van der Waals surface area (Å²) in [6.07, 6.45) is 3.17. The van der Waals surface area contributed by atoms with Crippen LogP contribution in [0.4, 0.5) is 0 Å². The molecule has 1 heterocycles. The highest BCUT2D eigenvalue weighted by molar-refractivity contribution is 9.10. The Morgan fingerprint density at radius 3 is 2.75 bits per heavy atom. The summed E-state index contributed by atoms with van der Waals surface area (Å²) >= 11 is 3.28. The fourth-order valence-corrected chi connectivity index (χ4v) is 1.65. The van der Waals surface area contributed by atoms with Gasteiger partial charge in [-0.05, 0) is 27.9 Å². The molecule has 0 spiro atoms. The van der Waals surface area contributed by atoms with Gasteiger partial charge >= 0.3 is 0 Å². The standard InChI is InChI=1S/C11H16BrN3O/c1-7(2)10(4-13)15-11(16)8-3-9(12)6-14-5-8/h3,5-7,10H,4,13H2,1-2H3,(H,15,16). The minimum atomic E-state index is -0.141. The summed E-state index contributed by atoms with van der Waals surface area (Å²) in [6.45, 7) is 4.48. The summed E-state index contributed by atoms with van der Waals surface area (Å²) in [5.41, 5.74) is 6.13. The van der Waals surface area contributed by atoms with Crippen LogP contribution in [0, 0.1) is 5.92 Å². The number of amides is 1. The van der Waals surface area contributed by atoms with Crippen LogP contribution >= 0.6 is 15.9 Å². The zero-order valence-corrected chi connectivity index (χ0v) is 11.0. The lowest BCUT2D eigenvalue weighted by molar-refractivity contribution is 0.0927. The molecule has 0 saturated heterocycles. The zero-order valence-electron chi connectivity index (χ0n) is 9.40. The number of carbonyl (C=O) groups is 1. The van der Waals surface area contributed by atoms with Crippen LogP contribution in [0.5, 0.6) is 0 Å². The second-order valence-corrected chi connectivity index (χ2v) is 4.87. The second-order valence-electron chi connectivity index (χ2n) is 3.95. The maximum atomic E-state index is 11.8. The van der Waals surface area contributed by atoms with E-state index in [9.17, 15) is 4.79 Å². The molecule has 1 aromatic rings. The summed E-state index contributed by atoms with van der Waals surface area (Å²) in [5.74, 6) is 0.173. The van der Waals surface area contributed by atoms with Crippen LogP contribution < -0.4 is 11.1 Å². The Bertz CT molecular complexity index is 368. The van der Waals surface area contributed by atoms with Gasteiger partial charge in [-0.15, -0.1) is 0 Å². The van der Waals surface area contributed by atoms with Gasteiger partial charge in [-0.3, -0.25) is 9.78 Å². The highest BCUT2D eigenvalue weighted by atomic mass is 79.9. The quantitative estimate of drug-likeness (QED) is 0.882. The first-order valence-corrected chi connectivity index (χ1v) is 5.95. The molecule has 88 valence electrons. The number of rotatable bonds is 4. The van der Waals surface area contributed by atoms with Crippen LogP contribution in [0.1, 0.15) is 24.2 Å². The first-order chi connectivity index (χ1) is 7.54. The van der Waals surface area contributed by atoms with E-state index in [1.807, 2.05) is 13.8 Å². The molecule has 16 heavy (non-hydrogen) atoms. The van der Waals surface area contributed by atoms with E-state index in [1.54, 1.807) is 12.3 Å². The zero-order chi connectivity index (χ0) is 12.1. The van der Waals surface area contributed by atoms with E-state index in [-0.39, 0.29) is 11.9 Å². The van der Waals surface area contributed by atoms with Crippen molar-refractivity contribution in [2.45, 2.75) is 19.9 Å². The molecule has 4 nitrogen and oxygen atoms in total. The number of halogens is 1. The van der Waals surface area contributed by atoms with Gasteiger partial charge in [0.1, 0.15) is 0 Å². The lowest BCUT2D eigenvalue weighted by Gasteiger charge is -2.20. The van der Waals surface area contributed by atoms with Gasteiger partial charge in [0, 0.05) is 29.5 Å². The number of aromatic nitrogens is 1. The van der Waals surface area contributed by atoms with Crippen molar-refractivity contribution in [2.24, 2.45) is 11.7 Å². The smallest absolute Gasteiger partial charge is 0.253 e. The summed E-state index contributed by atoms with van der Waals surface area (Å²) in [4.78, 5) is 15.8. The van der Waals surface area contributed by atoms with E-state index in [4.69, 9.17) is 5.73 Å². The van der Waals surface area contributed by atoms with Gasteiger partial charge < -0.3 is 11.1 Å². The molecule has 0 aliphatic rings. The molecule has 0 saturated carbocycles. The number of nitrogens with one attached hydrogen (secondary N) is 1. The maximum absolute atomic E-state index is 11.8. The molecule has 1 rings (SSSR count). The molecular formula is C11H16BrN3O. The van der Waals surface area contributed by atoms with Crippen molar-refractivity contribution < 1.29 is 4.79 Å². The fourth-order valence-electron chi connectivity index (χ4n) is 1.29. The third-order valence-electron chi connectivity index (χ3n) is 2.34. The number of carbonyl (C=O) groups excluding carboxylic acids is 1. The normalized spacial score (nSPS) is 12.6. The Hall–Kier alpha value is -0.940. The van der Waals surface area contributed by atoms with Crippen molar-refractivity contribution in [2.75, 3.05) is 6.54 Å². The van der Waals surface area contributed by atoms with Gasteiger partial charge in [0.2, 0.25) is 0 Å². The topological polar surface area (TPSA) is 68.0 Å². The first-order valence-electron chi connectivity index (χ1n) is 5.16. The minimum absolute atomic E-state index is 0.00789. The van der Waals surface area contributed by atoms with E-state index in [2.05, 4.69) is 26.2 Å². The van der Waals surface area contributed by atoms with E-state index < -0.39 is 0 Å². The van der Waals surface area contributed by atoms with Gasteiger partial charge in [0.15, 0.2) is 0 Å². The molecule has 0 aliphatic heterocycles. The number of nitrogens with zero attached hydrogens (tertiary/aromatic N) is 1. The highest BCUT2D eigenvalue weighted by Gasteiger charge is 2.15. The van der Waals surface area contributed by atoms with E-state index in [1.165, 1.54) is 6.20 Å². The van der Waals surface area contributed by atoms with Gasteiger partial charge in [0.05, 0.1) is 5.56 Å². The molecular weight excluding hydrogens is 270 g/mol. The van der Waals surface area contributed by atoms with Crippen molar-refractivity contribution >= 4 is 21.8 Å². The van der Waals surface area contributed by atoms with Gasteiger partial charge in [-0.1, -0.05) is 13.8 Å². The summed E-state index contributed by atoms with van der Waals surface area (Å²) in [6, 6.07) is 1.72. The van der Waals surface area contributed by atoms with Crippen LogP contribution in [0.25, 0.3) is 0 Å². The SMILES string of the molecule is CC(C)C(CN)NC(=O)c1cncc(Br)c1. The number of nitrogens with two attached hydrogens (primary N) is 1. The number of pyridine rings is 1. The van der Waals surface area contributed by atoms with Crippen molar-refractivity contribution in [1.82, 2.24) is 10.3 Å². The average Bonchev–Trinajstić information content (AvgIpc) is 2.25. The van der Waals surface area contributed by atoms with Crippen LogP contribution in [0.2, 0.25) is 0 Å². The number of hydrogen-bond acceptors (Lipinski definition) is 3. The lowest BCUT2D eigenvalue weighted by Crippen LogP contribution is -2.43. The van der Waals surface area contributed by atoms with Crippen LogP contribution in [-0.2, 0) is 0 Å². The van der Waals surface area contributed by atoms with Gasteiger partial charge in [-0.25, -0.2) is 0 Å². The molecule has 1 unspecified atom stereocenters. The molecule has 5 heteroatoms. The fraction of sp³-hybridized carbons (Fsp3) is 0.455. The van der Waals surface area contributed by atoms with Gasteiger partial charge in [-0.2, -0.15) is 0 Å². The van der Waals surface area contributed by atoms with Crippen molar-refractivity contribution in [1.29, 1.82) is 0 Å². The first kappa shape index (κ1) is 13.1. The summed E-state index contributed by atoms with van der Waals surface area (Å²) in [7, 11) is 0. The largest absolute Gasteiger partial charge is 0.348 e. The Balaban J connectivity index is 2.72. The molecule has 0 bridgehead atoms.